The number of hydrogen-bond acceptors (Lipinski definition) is 2. The van der Waals surface area contributed by atoms with Crippen LogP contribution in [-0.2, 0) is 4.79 Å². The largest absolute Gasteiger partial charge is 0.306 e. The molecule has 1 heterocycles. The molecule has 4 heteroatoms. The summed E-state index contributed by atoms with van der Waals surface area (Å²) in [6.45, 7) is 1.51. The number of carbonyl (C=O) groups is 1. The Morgan fingerprint density at radius 1 is 1.42 bits per heavy atom. The number of likely N-dealkylation sites (tertiary alicyclic amines) is 1. The van der Waals surface area contributed by atoms with E-state index in [-0.39, 0.29) is 0 Å². The van der Waals surface area contributed by atoms with E-state index in [4.69, 9.17) is 0 Å². The number of ketones is 1. The van der Waals surface area contributed by atoms with Gasteiger partial charge >= 0.3 is 0 Å². The SMILES string of the molecule is CN1CCC(C(=O)C(F)F)CC1. The van der Waals surface area contributed by atoms with Crippen LogP contribution in [0.1, 0.15) is 12.8 Å². The normalized spacial score (nSPS) is 21.7. The van der Waals surface area contributed by atoms with Gasteiger partial charge in [0.2, 0.25) is 5.78 Å². The van der Waals surface area contributed by atoms with Gasteiger partial charge in [-0.1, -0.05) is 0 Å². The second-order valence-electron chi connectivity index (χ2n) is 3.28. The molecule has 1 fully saturated rings. The van der Waals surface area contributed by atoms with E-state index in [1.165, 1.54) is 0 Å². The van der Waals surface area contributed by atoms with Crippen molar-refractivity contribution in [1.29, 1.82) is 0 Å². The molecule has 1 saturated heterocycles. The molecule has 1 aliphatic rings. The highest BCUT2D eigenvalue weighted by atomic mass is 19.3. The molecule has 0 aromatic carbocycles. The molecule has 0 radical (unpaired) electrons. The minimum atomic E-state index is -2.78. The lowest BCUT2D eigenvalue weighted by Gasteiger charge is -2.27. The molecule has 0 aliphatic carbocycles. The second kappa shape index (κ2) is 3.94. The Labute approximate surface area is 70.5 Å². The molecule has 0 atom stereocenters. The van der Waals surface area contributed by atoms with Crippen molar-refractivity contribution in [2.75, 3.05) is 20.1 Å². The number of alkyl halides is 2. The van der Waals surface area contributed by atoms with Crippen LogP contribution in [0.4, 0.5) is 8.78 Å². The van der Waals surface area contributed by atoms with Crippen molar-refractivity contribution < 1.29 is 13.6 Å². The van der Waals surface area contributed by atoms with Crippen LogP contribution in [0.5, 0.6) is 0 Å². The van der Waals surface area contributed by atoms with Gasteiger partial charge in [-0.3, -0.25) is 4.79 Å². The van der Waals surface area contributed by atoms with E-state index in [1.54, 1.807) is 0 Å². The molecule has 0 saturated carbocycles. The van der Waals surface area contributed by atoms with E-state index in [1.807, 2.05) is 7.05 Å². The zero-order chi connectivity index (χ0) is 9.14. The van der Waals surface area contributed by atoms with E-state index in [9.17, 15) is 13.6 Å². The molecule has 1 rings (SSSR count). The summed E-state index contributed by atoms with van der Waals surface area (Å²) in [5.74, 6) is -1.27. The molecular weight excluding hydrogens is 164 g/mol. The lowest BCUT2D eigenvalue weighted by atomic mass is 9.93. The summed E-state index contributed by atoms with van der Waals surface area (Å²) in [5, 5.41) is 0. The van der Waals surface area contributed by atoms with Crippen LogP contribution in [0, 0.1) is 5.92 Å². The Kier molecular flexibility index (Phi) is 3.14. The third kappa shape index (κ3) is 2.24. The Bertz CT molecular complexity index is 164. The fraction of sp³-hybridized carbons (Fsp3) is 0.875. The van der Waals surface area contributed by atoms with E-state index in [2.05, 4.69) is 4.90 Å². The van der Waals surface area contributed by atoms with Crippen molar-refractivity contribution in [3.05, 3.63) is 0 Å². The first-order valence-corrected chi connectivity index (χ1v) is 4.11. The fourth-order valence-electron chi connectivity index (χ4n) is 1.47. The second-order valence-corrected chi connectivity index (χ2v) is 3.28. The quantitative estimate of drug-likeness (QED) is 0.631. The summed E-state index contributed by atoms with van der Waals surface area (Å²) in [5.41, 5.74) is 0. The number of hydrogen-bond donors (Lipinski definition) is 0. The number of piperidine rings is 1. The first kappa shape index (κ1) is 9.58. The number of rotatable bonds is 2. The van der Waals surface area contributed by atoms with Gasteiger partial charge in [0, 0.05) is 5.92 Å². The van der Waals surface area contributed by atoms with Gasteiger partial charge in [0.05, 0.1) is 0 Å². The van der Waals surface area contributed by atoms with E-state index in [0.717, 1.165) is 13.1 Å². The molecule has 0 spiro atoms. The summed E-state index contributed by atoms with van der Waals surface area (Å²) in [4.78, 5) is 12.9. The molecular formula is C8H13F2NO. The molecule has 0 unspecified atom stereocenters. The van der Waals surface area contributed by atoms with E-state index < -0.39 is 18.1 Å². The van der Waals surface area contributed by atoms with Gasteiger partial charge < -0.3 is 4.90 Å². The van der Waals surface area contributed by atoms with Crippen molar-refractivity contribution in [3.63, 3.8) is 0 Å². The van der Waals surface area contributed by atoms with Crippen LogP contribution >= 0.6 is 0 Å². The van der Waals surface area contributed by atoms with Gasteiger partial charge in [0.15, 0.2) is 0 Å². The van der Waals surface area contributed by atoms with Gasteiger partial charge in [0.1, 0.15) is 0 Å². The van der Waals surface area contributed by atoms with Crippen LogP contribution in [0.15, 0.2) is 0 Å². The predicted molar refractivity (Wildman–Crippen MR) is 41.2 cm³/mol. The average Bonchev–Trinajstić information content (AvgIpc) is 2.04. The fourth-order valence-corrected chi connectivity index (χ4v) is 1.47. The highest BCUT2D eigenvalue weighted by Crippen LogP contribution is 2.19. The molecule has 12 heavy (non-hydrogen) atoms. The smallest absolute Gasteiger partial charge is 0.296 e. The van der Waals surface area contributed by atoms with Crippen molar-refractivity contribution in [3.8, 4) is 0 Å². The first-order valence-electron chi connectivity index (χ1n) is 4.11. The van der Waals surface area contributed by atoms with Crippen LogP contribution in [-0.4, -0.2) is 37.2 Å². The maximum atomic E-state index is 11.9. The minimum Gasteiger partial charge on any atom is -0.306 e. The predicted octanol–water partition coefficient (Wildman–Crippen LogP) is 1.16. The Balaban J connectivity index is 2.39. The van der Waals surface area contributed by atoms with Gasteiger partial charge in [-0.15, -0.1) is 0 Å². The number of Topliss-reactive ketones (excluding diaryl/α,β-unsaturated/α-hetero) is 1. The lowest BCUT2D eigenvalue weighted by molar-refractivity contribution is -0.135. The lowest BCUT2D eigenvalue weighted by Crippen LogP contribution is -2.35. The van der Waals surface area contributed by atoms with Crippen molar-refractivity contribution in [2.24, 2.45) is 5.92 Å². The van der Waals surface area contributed by atoms with Crippen LogP contribution in [0.2, 0.25) is 0 Å². The zero-order valence-electron chi connectivity index (χ0n) is 7.09. The summed E-state index contributed by atoms with van der Waals surface area (Å²) in [6.07, 6.45) is -1.61. The summed E-state index contributed by atoms with van der Waals surface area (Å²) >= 11 is 0. The highest BCUT2D eigenvalue weighted by Gasteiger charge is 2.28. The molecule has 2 nitrogen and oxygen atoms in total. The highest BCUT2D eigenvalue weighted by molar-refractivity contribution is 5.84. The Morgan fingerprint density at radius 3 is 2.33 bits per heavy atom. The number of nitrogens with zero attached hydrogens (tertiary/aromatic N) is 1. The van der Waals surface area contributed by atoms with Crippen molar-refractivity contribution in [2.45, 2.75) is 19.3 Å². The standard InChI is InChI=1S/C8H13F2NO/c1-11-4-2-6(3-5-11)7(12)8(9)10/h6,8H,2-5H2,1H3. The summed E-state index contributed by atoms with van der Waals surface area (Å²) in [7, 11) is 1.93. The molecule has 1 aliphatic heterocycles. The van der Waals surface area contributed by atoms with Crippen LogP contribution < -0.4 is 0 Å². The zero-order valence-corrected chi connectivity index (χ0v) is 7.09. The van der Waals surface area contributed by atoms with Gasteiger partial charge in [-0.2, -0.15) is 0 Å². The maximum absolute atomic E-state index is 11.9. The van der Waals surface area contributed by atoms with E-state index >= 15 is 0 Å². The maximum Gasteiger partial charge on any atom is 0.296 e. The van der Waals surface area contributed by atoms with Crippen molar-refractivity contribution >= 4 is 5.78 Å². The molecule has 0 aromatic heterocycles. The third-order valence-corrected chi connectivity index (χ3v) is 2.34. The Morgan fingerprint density at radius 2 is 1.92 bits per heavy atom. The molecule has 0 N–H and O–H groups in total. The van der Waals surface area contributed by atoms with Gasteiger partial charge in [0.25, 0.3) is 6.43 Å². The third-order valence-electron chi connectivity index (χ3n) is 2.34. The summed E-state index contributed by atoms with van der Waals surface area (Å²) in [6, 6.07) is 0. The summed E-state index contributed by atoms with van der Waals surface area (Å²) < 4.78 is 23.9. The number of halogens is 2. The van der Waals surface area contributed by atoms with Gasteiger partial charge in [-0.25, -0.2) is 8.78 Å². The van der Waals surface area contributed by atoms with Gasteiger partial charge in [-0.05, 0) is 33.0 Å². The minimum absolute atomic E-state index is 0.402. The van der Waals surface area contributed by atoms with Crippen LogP contribution in [0.3, 0.4) is 0 Å². The van der Waals surface area contributed by atoms with E-state index in [0.29, 0.717) is 12.8 Å². The molecule has 70 valence electrons. The molecule has 0 aromatic rings. The van der Waals surface area contributed by atoms with Crippen LogP contribution in [0.25, 0.3) is 0 Å². The molecule has 0 bridgehead atoms. The number of carbonyl (C=O) groups excluding carboxylic acids is 1. The Hall–Kier alpha value is -0.510. The first-order chi connectivity index (χ1) is 5.61. The molecule has 0 amide bonds. The van der Waals surface area contributed by atoms with Crippen molar-refractivity contribution in [1.82, 2.24) is 4.90 Å². The average molecular weight is 177 g/mol. The topological polar surface area (TPSA) is 20.3 Å². The monoisotopic (exact) mass is 177 g/mol.